The van der Waals surface area contributed by atoms with Gasteiger partial charge in [-0.1, -0.05) is 36.4 Å². The number of fused-ring (bicyclic) bond motifs is 1. The average Bonchev–Trinajstić information content (AvgIpc) is 2.73. The van der Waals surface area contributed by atoms with Gasteiger partial charge >= 0.3 is 0 Å². The van der Waals surface area contributed by atoms with Crippen molar-refractivity contribution in [1.29, 1.82) is 0 Å². The topological polar surface area (TPSA) is 67.4 Å². The van der Waals surface area contributed by atoms with Crippen molar-refractivity contribution >= 4 is 40.0 Å². The smallest absolute Gasteiger partial charge is 0.234 e. The monoisotopic (exact) mass is 408 g/mol. The van der Waals surface area contributed by atoms with E-state index in [9.17, 15) is 9.59 Å². The molecule has 1 atom stereocenters. The Morgan fingerprint density at radius 1 is 0.931 bits per heavy atom. The summed E-state index contributed by atoms with van der Waals surface area (Å²) >= 11 is 1.29. The van der Waals surface area contributed by atoms with Gasteiger partial charge in [-0.05, 0) is 53.6 Å². The number of thioether (sulfide) groups is 1. The second-order valence-corrected chi connectivity index (χ2v) is 7.65. The molecule has 0 saturated carbocycles. The molecule has 0 saturated heterocycles. The number of amides is 2. The lowest BCUT2D eigenvalue weighted by molar-refractivity contribution is -0.119. The molecule has 0 aromatic heterocycles. The van der Waals surface area contributed by atoms with Crippen molar-refractivity contribution in [3.05, 3.63) is 72.3 Å². The fourth-order valence-corrected chi connectivity index (χ4v) is 3.58. The number of hydrogen-bond donors (Lipinski definition) is 2. The number of anilines is 1. The Bertz CT molecular complexity index is 989. The summed E-state index contributed by atoms with van der Waals surface area (Å²) < 4.78 is 5.09. The molecule has 6 heteroatoms. The number of ether oxygens (including phenoxy) is 1. The van der Waals surface area contributed by atoms with Crippen LogP contribution in [0.2, 0.25) is 0 Å². The number of nitrogens with one attached hydrogen (secondary N) is 2. The third kappa shape index (κ3) is 5.99. The largest absolute Gasteiger partial charge is 0.497 e. The summed E-state index contributed by atoms with van der Waals surface area (Å²) in [5.74, 6) is 0.940. The molecule has 3 aromatic rings. The number of hydrogen-bond acceptors (Lipinski definition) is 4. The molecule has 0 spiro atoms. The van der Waals surface area contributed by atoms with E-state index >= 15 is 0 Å². The van der Waals surface area contributed by atoms with Gasteiger partial charge in [0, 0.05) is 5.69 Å². The highest BCUT2D eigenvalue weighted by Crippen LogP contribution is 2.20. The van der Waals surface area contributed by atoms with E-state index < -0.39 is 0 Å². The Balaban J connectivity index is 1.43. The first-order valence-electron chi connectivity index (χ1n) is 9.35. The zero-order valence-corrected chi connectivity index (χ0v) is 17.3. The Hall–Kier alpha value is -2.99. The van der Waals surface area contributed by atoms with E-state index in [1.807, 2.05) is 25.1 Å². The average molecular weight is 409 g/mol. The van der Waals surface area contributed by atoms with E-state index in [1.54, 1.807) is 31.4 Å². The zero-order valence-electron chi connectivity index (χ0n) is 16.5. The molecule has 0 fully saturated rings. The van der Waals surface area contributed by atoms with Crippen LogP contribution >= 0.6 is 11.8 Å². The van der Waals surface area contributed by atoms with Crippen LogP contribution in [0.4, 0.5) is 5.69 Å². The van der Waals surface area contributed by atoms with Gasteiger partial charge in [0.25, 0.3) is 0 Å². The zero-order chi connectivity index (χ0) is 20.6. The minimum Gasteiger partial charge on any atom is -0.497 e. The van der Waals surface area contributed by atoms with Crippen LogP contribution in [-0.4, -0.2) is 30.4 Å². The summed E-state index contributed by atoms with van der Waals surface area (Å²) in [5.41, 5.74) is 1.75. The predicted octanol–water partition coefficient (Wildman–Crippen LogP) is 4.40. The maximum atomic E-state index is 12.2. The summed E-state index contributed by atoms with van der Waals surface area (Å²) in [7, 11) is 1.59. The quantitative estimate of drug-likeness (QED) is 0.580. The van der Waals surface area contributed by atoms with Gasteiger partial charge in [0.05, 0.1) is 24.7 Å². The van der Waals surface area contributed by atoms with Crippen LogP contribution in [0.15, 0.2) is 66.7 Å². The van der Waals surface area contributed by atoms with Crippen molar-refractivity contribution in [2.24, 2.45) is 0 Å². The molecule has 2 amide bonds. The van der Waals surface area contributed by atoms with E-state index in [0.717, 1.165) is 16.7 Å². The number of carbonyl (C=O) groups excluding carboxylic acids is 2. The second-order valence-electron chi connectivity index (χ2n) is 6.67. The lowest BCUT2D eigenvalue weighted by atomic mass is 10.0. The van der Waals surface area contributed by atoms with Crippen LogP contribution < -0.4 is 15.4 Å². The van der Waals surface area contributed by atoms with Crippen molar-refractivity contribution in [2.75, 3.05) is 23.9 Å². The Morgan fingerprint density at radius 3 is 2.34 bits per heavy atom. The molecule has 5 nitrogen and oxygen atoms in total. The summed E-state index contributed by atoms with van der Waals surface area (Å²) in [6.45, 7) is 1.96. The maximum Gasteiger partial charge on any atom is 0.234 e. The van der Waals surface area contributed by atoms with Crippen LogP contribution in [0, 0.1) is 0 Å². The summed E-state index contributed by atoms with van der Waals surface area (Å²) in [6, 6.07) is 21.3. The highest BCUT2D eigenvalue weighted by atomic mass is 32.2. The van der Waals surface area contributed by atoms with E-state index in [1.165, 1.54) is 17.1 Å². The third-order valence-corrected chi connectivity index (χ3v) is 5.42. The number of benzene rings is 3. The molecule has 0 aliphatic rings. The molecular formula is C23H24N2O3S. The number of carbonyl (C=O) groups is 2. The van der Waals surface area contributed by atoms with Crippen LogP contribution in [0.5, 0.6) is 5.75 Å². The molecule has 0 bridgehead atoms. The van der Waals surface area contributed by atoms with Gasteiger partial charge in [-0.3, -0.25) is 9.59 Å². The van der Waals surface area contributed by atoms with E-state index in [2.05, 4.69) is 34.9 Å². The Morgan fingerprint density at radius 2 is 1.62 bits per heavy atom. The molecule has 29 heavy (non-hydrogen) atoms. The molecule has 0 radical (unpaired) electrons. The molecule has 0 aliphatic heterocycles. The molecule has 2 N–H and O–H groups in total. The molecule has 3 rings (SSSR count). The van der Waals surface area contributed by atoms with E-state index in [4.69, 9.17) is 4.74 Å². The molecule has 3 aromatic carbocycles. The lowest BCUT2D eigenvalue weighted by Crippen LogP contribution is -2.28. The van der Waals surface area contributed by atoms with Crippen molar-refractivity contribution in [3.63, 3.8) is 0 Å². The first-order valence-corrected chi connectivity index (χ1v) is 10.5. The van der Waals surface area contributed by atoms with Gasteiger partial charge in [0.1, 0.15) is 5.75 Å². The molecule has 0 heterocycles. The van der Waals surface area contributed by atoms with Crippen LogP contribution in [0.1, 0.15) is 18.5 Å². The van der Waals surface area contributed by atoms with Crippen LogP contribution in [0.25, 0.3) is 10.8 Å². The van der Waals surface area contributed by atoms with Crippen molar-refractivity contribution in [1.82, 2.24) is 5.32 Å². The first kappa shape index (κ1) is 20.7. The number of rotatable bonds is 8. The second kappa shape index (κ2) is 9.98. The van der Waals surface area contributed by atoms with Crippen LogP contribution in [-0.2, 0) is 9.59 Å². The SMILES string of the molecule is COc1ccc(NC(=O)CSCC(=O)NC(C)c2ccc3ccccc3c2)cc1. The minimum atomic E-state index is -0.143. The molecule has 1 unspecified atom stereocenters. The normalized spacial score (nSPS) is 11.7. The van der Waals surface area contributed by atoms with Gasteiger partial charge in [-0.25, -0.2) is 0 Å². The highest BCUT2D eigenvalue weighted by Gasteiger charge is 2.11. The fourth-order valence-electron chi connectivity index (χ4n) is 2.95. The van der Waals surface area contributed by atoms with Gasteiger partial charge in [-0.2, -0.15) is 0 Å². The summed E-state index contributed by atoms with van der Waals surface area (Å²) in [5, 5.41) is 8.12. The summed E-state index contributed by atoms with van der Waals surface area (Å²) in [6.07, 6.45) is 0. The predicted molar refractivity (Wildman–Crippen MR) is 119 cm³/mol. The number of methoxy groups -OCH3 is 1. The van der Waals surface area contributed by atoms with Gasteiger partial charge in [0.15, 0.2) is 0 Å². The van der Waals surface area contributed by atoms with Crippen molar-refractivity contribution in [3.8, 4) is 5.75 Å². The third-order valence-electron chi connectivity index (χ3n) is 4.49. The van der Waals surface area contributed by atoms with Gasteiger partial charge < -0.3 is 15.4 Å². The summed E-state index contributed by atoms with van der Waals surface area (Å²) in [4.78, 5) is 24.2. The van der Waals surface area contributed by atoms with E-state index in [-0.39, 0.29) is 29.4 Å². The van der Waals surface area contributed by atoms with Gasteiger partial charge in [-0.15, -0.1) is 11.8 Å². The Kier molecular flexibility index (Phi) is 7.14. The highest BCUT2D eigenvalue weighted by molar-refractivity contribution is 8.00. The minimum absolute atomic E-state index is 0.0899. The first-order chi connectivity index (χ1) is 14.0. The standard InChI is InChI=1S/C23H24N2O3S/c1-16(18-8-7-17-5-3-4-6-19(17)13-18)24-22(26)14-29-15-23(27)25-20-9-11-21(28-2)12-10-20/h3-13,16H,14-15H2,1-2H3,(H,24,26)(H,25,27). The van der Waals surface area contributed by atoms with Gasteiger partial charge in [0.2, 0.25) is 11.8 Å². The van der Waals surface area contributed by atoms with E-state index in [0.29, 0.717) is 5.69 Å². The van der Waals surface area contributed by atoms with Crippen molar-refractivity contribution in [2.45, 2.75) is 13.0 Å². The molecular weight excluding hydrogens is 384 g/mol. The van der Waals surface area contributed by atoms with Crippen LogP contribution in [0.3, 0.4) is 0 Å². The molecule has 150 valence electrons. The maximum absolute atomic E-state index is 12.2. The fraction of sp³-hybridized carbons (Fsp3) is 0.217. The van der Waals surface area contributed by atoms with Crippen molar-refractivity contribution < 1.29 is 14.3 Å². The lowest BCUT2D eigenvalue weighted by Gasteiger charge is -2.15. The Labute approximate surface area is 174 Å². The molecule has 0 aliphatic carbocycles.